The number of halogens is 1. The molecule has 0 heterocycles. The molecule has 0 aliphatic carbocycles. The van der Waals surface area contributed by atoms with Gasteiger partial charge >= 0.3 is 5.97 Å². The first-order valence-corrected chi connectivity index (χ1v) is 13.0. The largest absolute Gasteiger partial charge is 0.462 e. The molecule has 0 fully saturated rings. The Kier molecular flexibility index (Phi) is 8.98. The third-order valence-corrected chi connectivity index (χ3v) is 6.98. The summed E-state index contributed by atoms with van der Waals surface area (Å²) in [6, 6.07) is 20.9. The molecule has 0 saturated carbocycles. The minimum atomic E-state index is -3.94. The molecule has 0 radical (unpaired) electrons. The van der Waals surface area contributed by atoms with E-state index in [0.717, 1.165) is 10.0 Å². The summed E-state index contributed by atoms with van der Waals surface area (Å²) in [5.41, 5.74) is 1.78. The van der Waals surface area contributed by atoms with Crippen molar-refractivity contribution >= 4 is 43.5 Å². The van der Waals surface area contributed by atoms with Crippen molar-refractivity contribution in [2.24, 2.45) is 0 Å². The van der Waals surface area contributed by atoms with Crippen LogP contribution in [-0.4, -0.2) is 32.9 Å². The van der Waals surface area contributed by atoms with Crippen LogP contribution in [0, 0.1) is 0 Å². The Morgan fingerprint density at radius 2 is 1.59 bits per heavy atom. The van der Waals surface area contributed by atoms with Gasteiger partial charge in [0, 0.05) is 10.2 Å². The maximum Gasteiger partial charge on any atom is 0.338 e. The van der Waals surface area contributed by atoms with Gasteiger partial charge in [0.15, 0.2) is 0 Å². The van der Waals surface area contributed by atoms with Gasteiger partial charge in [-0.05, 0) is 73.9 Å². The topological polar surface area (TPSA) is 102 Å². The van der Waals surface area contributed by atoms with Crippen LogP contribution in [0.3, 0.4) is 0 Å². The van der Waals surface area contributed by atoms with E-state index < -0.39 is 27.9 Å². The summed E-state index contributed by atoms with van der Waals surface area (Å²) < 4.78 is 34.1. The van der Waals surface area contributed by atoms with Crippen molar-refractivity contribution in [1.29, 1.82) is 0 Å². The first kappa shape index (κ1) is 25.6. The van der Waals surface area contributed by atoms with E-state index in [4.69, 9.17) is 4.74 Å². The van der Waals surface area contributed by atoms with Gasteiger partial charge in [-0.15, -0.1) is 0 Å². The highest BCUT2D eigenvalue weighted by atomic mass is 79.9. The molecular formula is C25H25BrN2O5S. The first-order chi connectivity index (χ1) is 16.3. The van der Waals surface area contributed by atoms with Crippen LogP contribution in [0.5, 0.6) is 0 Å². The fourth-order valence-corrected chi connectivity index (χ4v) is 4.70. The summed E-state index contributed by atoms with van der Waals surface area (Å²) in [6.07, 6.45) is 0.760. The molecule has 0 spiro atoms. The number of sulfonamides is 1. The Morgan fingerprint density at radius 3 is 2.21 bits per heavy atom. The standard InChI is InChI=1S/C25H25BrN2O5S/c1-2-33-25(30)19-9-13-21(14-10-19)27-24(29)23(17-8-18-6-4-3-5-7-18)28-34(31,32)22-15-11-20(26)12-16-22/h3-7,9-16,23,28H,2,8,17H2,1H3,(H,27,29). The zero-order valence-corrected chi connectivity index (χ0v) is 20.9. The van der Waals surface area contributed by atoms with Gasteiger partial charge in [-0.1, -0.05) is 46.3 Å². The van der Waals surface area contributed by atoms with Crippen LogP contribution in [0.4, 0.5) is 5.69 Å². The van der Waals surface area contributed by atoms with E-state index >= 15 is 0 Å². The van der Waals surface area contributed by atoms with Crippen LogP contribution in [0.2, 0.25) is 0 Å². The lowest BCUT2D eigenvalue weighted by atomic mass is 10.1. The third-order valence-electron chi connectivity index (χ3n) is 4.97. The number of anilines is 1. The van der Waals surface area contributed by atoms with E-state index in [1.807, 2.05) is 30.3 Å². The van der Waals surface area contributed by atoms with Gasteiger partial charge < -0.3 is 10.1 Å². The Morgan fingerprint density at radius 1 is 0.941 bits per heavy atom. The Balaban J connectivity index is 1.77. The van der Waals surface area contributed by atoms with Gasteiger partial charge in [0.2, 0.25) is 15.9 Å². The first-order valence-electron chi connectivity index (χ1n) is 10.7. The van der Waals surface area contributed by atoms with Crippen molar-refractivity contribution in [3.8, 4) is 0 Å². The van der Waals surface area contributed by atoms with Crippen molar-refractivity contribution in [2.75, 3.05) is 11.9 Å². The predicted octanol–water partition coefficient (Wildman–Crippen LogP) is 4.54. The second kappa shape index (κ2) is 11.9. The van der Waals surface area contributed by atoms with E-state index in [-0.39, 0.29) is 17.9 Å². The normalized spacial score (nSPS) is 12.1. The molecule has 2 N–H and O–H groups in total. The van der Waals surface area contributed by atoms with E-state index in [2.05, 4.69) is 26.0 Å². The molecule has 3 aromatic carbocycles. The van der Waals surface area contributed by atoms with Crippen LogP contribution in [0.15, 0.2) is 88.2 Å². The monoisotopic (exact) mass is 544 g/mol. The fourth-order valence-electron chi connectivity index (χ4n) is 3.20. The highest BCUT2D eigenvalue weighted by Crippen LogP contribution is 2.17. The van der Waals surface area contributed by atoms with Crippen LogP contribution in [0.1, 0.15) is 29.3 Å². The summed E-state index contributed by atoms with van der Waals surface area (Å²) in [7, 11) is -3.94. The smallest absolute Gasteiger partial charge is 0.338 e. The highest BCUT2D eigenvalue weighted by Gasteiger charge is 2.26. The average molecular weight is 545 g/mol. The van der Waals surface area contributed by atoms with Crippen molar-refractivity contribution < 1.29 is 22.7 Å². The number of rotatable bonds is 10. The van der Waals surface area contributed by atoms with Crippen LogP contribution < -0.4 is 10.0 Å². The lowest BCUT2D eigenvalue weighted by Gasteiger charge is -2.19. The minimum Gasteiger partial charge on any atom is -0.462 e. The molecule has 1 amide bonds. The van der Waals surface area contributed by atoms with Gasteiger partial charge in [-0.2, -0.15) is 4.72 Å². The molecule has 0 bridgehead atoms. The zero-order chi connectivity index (χ0) is 24.6. The van der Waals surface area contributed by atoms with Gasteiger partial charge in [0.05, 0.1) is 17.1 Å². The van der Waals surface area contributed by atoms with Gasteiger partial charge in [0.1, 0.15) is 6.04 Å². The summed E-state index contributed by atoms with van der Waals surface area (Å²) in [6.45, 7) is 1.98. The Bertz CT molecular complexity index is 1210. The third kappa shape index (κ3) is 7.24. The summed E-state index contributed by atoms with van der Waals surface area (Å²) in [5.74, 6) is -0.955. The maximum absolute atomic E-state index is 13.1. The van der Waals surface area contributed by atoms with Gasteiger partial charge in [-0.25, -0.2) is 13.2 Å². The fraction of sp³-hybridized carbons (Fsp3) is 0.200. The van der Waals surface area contributed by atoms with Gasteiger partial charge in [-0.3, -0.25) is 4.79 Å². The lowest BCUT2D eigenvalue weighted by molar-refractivity contribution is -0.117. The maximum atomic E-state index is 13.1. The second-order valence-corrected chi connectivity index (χ2v) is 10.1. The van der Waals surface area contributed by atoms with Crippen molar-refractivity contribution in [3.05, 3.63) is 94.5 Å². The average Bonchev–Trinajstić information content (AvgIpc) is 2.83. The highest BCUT2D eigenvalue weighted by molar-refractivity contribution is 9.10. The molecule has 1 unspecified atom stereocenters. The van der Waals surface area contributed by atoms with Crippen molar-refractivity contribution in [1.82, 2.24) is 4.72 Å². The molecule has 1 atom stereocenters. The molecule has 0 aliphatic rings. The SMILES string of the molecule is CCOC(=O)c1ccc(NC(=O)C(CCc2ccccc2)NS(=O)(=O)c2ccc(Br)cc2)cc1. The summed E-state index contributed by atoms with van der Waals surface area (Å²) in [4.78, 5) is 25.0. The number of esters is 1. The number of nitrogens with one attached hydrogen (secondary N) is 2. The number of ether oxygens (including phenoxy) is 1. The number of hydrogen-bond acceptors (Lipinski definition) is 5. The molecule has 3 aromatic rings. The molecule has 3 rings (SSSR count). The second-order valence-electron chi connectivity index (χ2n) is 7.44. The molecule has 0 aliphatic heterocycles. The van der Waals surface area contributed by atoms with E-state index in [9.17, 15) is 18.0 Å². The molecule has 9 heteroatoms. The van der Waals surface area contributed by atoms with Crippen LogP contribution in [0.25, 0.3) is 0 Å². The van der Waals surface area contributed by atoms with Crippen molar-refractivity contribution in [3.63, 3.8) is 0 Å². The number of carbonyl (C=O) groups is 2. The van der Waals surface area contributed by atoms with E-state index in [0.29, 0.717) is 17.7 Å². The van der Waals surface area contributed by atoms with Crippen LogP contribution in [-0.2, 0) is 26.0 Å². The molecular weight excluding hydrogens is 520 g/mol. The Hall–Kier alpha value is -3.01. The summed E-state index contributed by atoms with van der Waals surface area (Å²) >= 11 is 3.29. The summed E-state index contributed by atoms with van der Waals surface area (Å²) in [5, 5.41) is 2.73. The van der Waals surface area contributed by atoms with Crippen molar-refractivity contribution in [2.45, 2.75) is 30.7 Å². The van der Waals surface area contributed by atoms with Gasteiger partial charge in [0.25, 0.3) is 0 Å². The molecule has 0 saturated heterocycles. The number of benzene rings is 3. The quantitative estimate of drug-likeness (QED) is 0.364. The Labute approximate surface area is 207 Å². The number of aryl methyl sites for hydroxylation is 1. The molecule has 0 aromatic heterocycles. The molecule has 7 nitrogen and oxygen atoms in total. The van der Waals surface area contributed by atoms with E-state index in [1.165, 1.54) is 12.1 Å². The minimum absolute atomic E-state index is 0.0620. The number of carbonyl (C=O) groups excluding carboxylic acids is 2. The molecule has 34 heavy (non-hydrogen) atoms. The number of amides is 1. The number of hydrogen-bond donors (Lipinski definition) is 2. The zero-order valence-electron chi connectivity index (χ0n) is 18.5. The lowest BCUT2D eigenvalue weighted by Crippen LogP contribution is -2.44. The van der Waals surface area contributed by atoms with E-state index in [1.54, 1.807) is 43.3 Å². The molecule has 178 valence electrons. The van der Waals surface area contributed by atoms with Crippen LogP contribution >= 0.6 is 15.9 Å². The predicted molar refractivity (Wildman–Crippen MR) is 134 cm³/mol.